The molecule has 0 unspecified atom stereocenters. The molecule has 4 nitrogen and oxygen atoms in total. The number of amides is 1. The van der Waals surface area contributed by atoms with Crippen molar-refractivity contribution < 1.29 is 14.0 Å². The summed E-state index contributed by atoms with van der Waals surface area (Å²) in [6.45, 7) is 1.66. The summed E-state index contributed by atoms with van der Waals surface area (Å²) in [5.74, 6) is 0.498. The minimum atomic E-state index is -0.158. The van der Waals surface area contributed by atoms with Crippen molar-refractivity contribution >= 4 is 12.2 Å². The largest absolute Gasteiger partial charge is 0.458 e. The number of furan rings is 1. The van der Waals surface area contributed by atoms with Crippen molar-refractivity contribution in [2.45, 2.75) is 6.92 Å². The lowest BCUT2D eigenvalue weighted by atomic mass is 10.2. The monoisotopic (exact) mass is 181 g/mol. The Bertz CT molecular complexity index is 339. The molecular formula is C9H11NO3. The van der Waals surface area contributed by atoms with Gasteiger partial charge in [0, 0.05) is 20.2 Å². The third-order valence-electron chi connectivity index (χ3n) is 1.69. The first-order valence-corrected chi connectivity index (χ1v) is 3.83. The molecule has 1 rings (SSSR count). The lowest BCUT2D eigenvalue weighted by molar-refractivity contribution is 0.0825. The minimum absolute atomic E-state index is 0.158. The Hall–Kier alpha value is -1.58. The van der Waals surface area contributed by atoms with Crippen molar-refractivity contribution in [3.63, 3.8) is 0 Å². The van der Waals surface area contributed by atoms with Crippen LogP contribution in [0.5, 0.6) is 0 Å². The van der Waals surface area contributed by atoms with E-state index in [9.17, 15) is 9.59 Å². The third kappa shape index (κ3) is 1.77. The second-order valence-corrected chi connectivity index (χ2v) is 2.94. The number of hydrogen-bond donors (Lipinski definition) is 0. The van der Waals surface area contributed by atoms with Gasteiger partial charge in [-0.3, -0.25) is 9.59 Å². The van der Waals surface area contributed by atoms with Crippen LogP contribution in [0.4, 0.5) is 0 Å². The first-order valence-electron chi connectivity index (χ1n) is 3.83. The van der Waals surface area contributed by atoms with E-state index in [4.69, 9.17) is 4.42 Å². The zero-order valence-corrected chi connectivity index (χ0v) is 7.83. The van der Waals surface area contributed by atoms with Crippen LogP contribution in [0.1, 0.15) is 26.7 Å². The molecule has 0 N–H and O–H groups in total. The molecule has 70 valence electrons. The average molecular weight is 181 g/mol. The summed E-state index contributed by atoms with van der Waals surface area (Å²) < 4.78 is 5.02. The van der Waals surface area contributed by atoms with Crippen LogP contribution in [0.15, 0.2) is 10.5 Å². The maximum atomic E-state index is 11.4. The van der Waals surface area contributed by atoms with E-state index in [1.807, 2.05) is 0 Å². The van der Waals surface area contributed by atoms with Gasteiger partial charge in [-0.2, -0.15) is 0 Å². The molecule has 0 aromatic carbocycles. The zero-order chi connectivity index (χ0) is 10.0. The lowest BCUT2D eigenvalue weighted by Crippen LogP contribution is -2.21. The molecule has 1 aromatic rings. The Balaban J connectivity index is 3.07. The number of aryl methyl sites for hydroxylation is 1. The Morgan fingerprint density at radius 2 is 2.15 bits per heavy atom. The van der Waals surface area contributed by atoms with Crippen molar-refractivity contribution in [1.29, 1.82) is 0 Å². The fourth-order valence-corrected chi connectivity index (χ4v) is 1.02. The lowest BCUT2D eigenvalue weighted by Gasteiger charge is -2.07. The van der Waals surface area contributed by atoms with E-state index in [0.29, 0.717) is 17.6 Å². The molecule has 0 bridgehead atoms. The Kier molecular flexibility index (Phi) is 2.51. The van der Waals surface area contributed by atoms with E-state index in [0.717, 1.165) is 0 Å². The van der Waals surface area contributed by atoms with E-state index in [1.54, 1.807) is 21.0 Å². The molecule has 4 heteroatoms. The van der Waals surface area contributed by atoms with Crippen LogP contribution in [-0.4, -0.2) is 31.2 Å². The van der Waals surface area contributed by atoms with Crippen LogP contribution in [-0.2, 0) is 0 Å². The highest BCUT2D eigenvalue weighted by atomic mass is 16.3. The van der Waals surface area contributed by atoms with Gasteiger partial charge >= 0.3 is 0 Å². The number of nitrogens with zero attached hydrogens (tertiary/aromatic N) is 1. The summed E-state index contributed by atoms with van der Waals surface area (Å²) in [5, 5.41) is 0. The summed E-state index contributed by atoms with van der Waals surface area (Å²) in [5.41, 5.74) is 0.437. The van der Waals surface area contributed by atoms with Crippen LogP contribution in [0.3, 0.4) is 0 Å². The fourth-order valence-electron chi connectivity index (χ4n) is 1.02. The second kappa shape index (κ2) is 3.43. The molecule has 0 spiro atoms. The standard InChI is InChI=1S/C9H11NO3/c1-6-8(9(12)10(2)3)4-7(5-11)13-6/h4-5H,1-3H3. The van der Waals surface area contributed by atoms with Crippen molar-refractivity contribution in [2.75, 3.05) is 14.1 Å². The van der Waals surface area contributed by atoms with E-state index in [1.165, 1.54) is 11.0 Å². The predicted octanol–water partition coefficient (Wildman–Crippen LogP) is 1.10. The van der Waals surface area contributed by atoms with Gasteiger partial charge in [-0.15, -0.1) is 0 Å². The van der Waals surface area contributed by atoms with Crippen LogP contribution in [0.2, 0.25) is 0 Å². The maximum absolute atomic E-state index is 11.4. The average Bonchev–Trinajstić information content (AvgIpc) is 2.45. The molecule has 0 saturated heterocycles. The predicted molar refractivity (Wildman–Crippen MR) is 46.9 cm³/mol. The van der Waals surface area contributed by atoms with Crippen LogP contribution in [0, 0.1) is 6.92 Å². The SMILES string of the molecule is Cc1oc(C=O)cc1C(=O)N(C)C. The Morgan fingerprint density at radius 3 is 2.54 bits per heavy atom. The van der Waals surface area contributed by atoms with Gasteiger partial charge in [0.1, 0.15) is 5.76 Å². The smallest absolute Gasteiger partial charge is 0.256 e. The van der Waals surface area contributed by atoms with Gasteiger partial charge in [0.05, 0.1) is 5.56 Å². The summed E-state index contributed by atoms with van der Waals surface area (Å²) >= 11 is 0. The van der Waals surface area contributed by atoms with Crippen LogP contribution < -0.4 is 0 Å². The molecule has 1 aromatic heterocycles. The number of carbonyl (C=O) groups is 2. The third-order valence-corrected chi connectivity index (χ3v) is 1.69. The topological polar surface area (TPSA) is 50.5 Å². The highest BCUT2D eigenvalue weighted by Gasteiger charge is 2.15. The van der Waals surface area contributed by atoms with Gasteiger partial charge in [-0.25, -0.2) is 0 Å². The van der Waals surface area contributed by atoms with Crippen LogP contribution >= 0.6 is 0 Å². The van der Waals surface area contributed by atoms with E-state index < -0.39 is 0 Å². The van der Waals surface area contributed by atoms with Gasteiger partial charge in [-0.1, -0.05) is 0 Å². The van der Waals surface area contributed by atoms with Gasteiger partial charge in [0.2, 0.25) is 0 Å². The first kappa shape index (κ1) is 9.51. The van der Waals surface area contributed by atoms with Gasteiger partial charge in [0.15, 0.2) is 12.0 Å². The number of carbonyl (C=O) groups excluding carboxylic acids is 2. The van der Waals surface area contributed by atoms with Crippen molar-refractivity contribution in [3.8, 4) is 0 Å². The first-order chi connectivity index (χ1) is 6.06. The van der Waals surface area contributed by atoms with E-state index in [-0.39, 0.29) is 11.7 Å². The highest BCUT2D eigenvalue weighted by molar-refractivity contribution is 5.96. The molecule has 0 aliphatic carbocycles. The molecular weight excluding hydrogens is 170 g/mol. The highest BCUT2D eigenvalue weighted by Crippen LogP contribution is 2.14. The molecule has 0 aliphatic rings. The normalized spacial score (nSPS) is 9.77. The molecule has 0 fully saturated rings. The van der Waals surface area contributed by atoms with E-state index >= 15 is 0 Å². The van der Waals surface area contributed by atoms with Gasteiger partial charge < -0.3 is 9.32 Å². The Labute approximate surface area is 76.1 Å². The van der Waals surface area contributed by atoms with Crippen LogP contribution in [0.25, 0.3) is 0 Å². The summed E-state index contributed by atoms with van der Waals surface area (Å²) in [7, 11) is 3.30. The van der Waals surface area contributed by atoms with Crippen molar-refractivity contribution in [2.24, 2.45) is 0 Å². The second-order valence-electron chi connectivity index (χ2n) is 2.94. The van der Waals surface area contributed by atoms with Gasteiger partial charge in [0.25, 0.3) is 5.91 Å². The number of aldehydes is 1. The molecule has 0 atom stereocenters. The maximum Gasteiger partial charge on any atom is 0.256 e. The minimum Gasteiger partial charge on any atom is -0.458 e. The number of rotatable bonds is 2. The molecule has 13 heavy (non-hydrogen) atoms. The fraction of sp³-hybridized carbons (Fsp3) is 0.333. The Morgan fingerprint density at radius 1 is 1.54 bits per heavy atom. The van der Waals surface area contributed by atoms with Crippen molar-refractivity contribution in [1.82, 2.24) is 4.90 Å². The zero-order valence-electron chi connectivity index (χ0n) is 7.83. The number of hydrogen-bond acceptors (Lipinski definition) is 3. The molecule has 1 amide bonds. The quantitative estimate of drug-likeness (QED) is 0.642. The molecule has 0 aliphatic heterocycles. The van der Waals surface area contributed by atoms with Gasteiger partial charge in [-0.05, 0) is 6.92 Å². The summed E-state index contributed by atoms with van der Waals surface area (Å²) in [6, 6.07) is 1.45. The molecule has 1 heterocycles. The van der Waals surface area contributed by atoms with Crippen molar-refractivity contribution in [3.05, 3.63) is 23.2 Å². The summed E-state index contributed by atoms with van der Waals surface area (Å²) in [6.07, 6.45) is 0.583. The molecule has 0 radical (unpaired) electrons. The molecule has 0 saturated carbocycles. The summed E-state index contributed by atoms with van der Waals surface area (Å²) in [4.78, 5) is 23.2. The van der Waals surface area contributed by atoms with E-state index in [2.05, 4.69) is 0 Å².